The number of nitrogens with one attached hydrogen (secondary N) is 2. The first-order valence-electron chi connectivity index (χ1n) is 12.1. The van der Waals surface area contributed by atoms with Crippen molar-refractivity contribution in [2.45, 2.75) is 49.3 Å². The number of carbonyl (C=O) groups excluding carboxylic acids is 2. The standard InChI is InChI=1S/C27H30N4O3S/c32-25(14-22(19-8-3-1-4-9-19)20-10-5-2-6-11-20)29-27-23-17-35-18-24(23)30-31(27)16-26(33)28-15-21-12-7-13-34-21/h1-6,8-11,21-22H,7,12-18H2,(H,28,33)(H,29,32)/t21-/m1/s1. The van der Waals surface area contributed by atoms with Crippen LogP contribution >= 0.6 is 11.8 Å². The van der Waals surface area contributed by atoms with Crippen molar-refractivity contribution in [3.8, 4) is 0 Å². The van der Waals surface area contributed by atoms with Gasteiger partial charge in [0.2, 0.25) is 11.8 Å². The summed E-state index contributed by atoms with van der Waals surface area (Å²) in [6, 6.07) is 20.2. The average molecular weight is 491 g/mol. The Labute approximate surface area is 209 Å². The molecule has 2 aliphatic heterocycles. The molecule has 1 fully saturated rings. The Bertz CT molecular complexity index is 1120. The third-order valence-electron chi connectivity index (χ3n) is 6.51. The second-order valence-corrected chi connectivity index (χ2v) is 9.98. The first-order valence-corrected chi connectivity index (χ1v) is 13.3. The third kappa shape index (κ3) is 5.77. The zero-order valence-electron chi connectivity index (χ0n) is 19.6. The van der Waals surface area contributed by atoms with Gasteiger partial charge in [-0.25, -0.2) is 4.68 Å². The molecule has 3 aromatic rings. The summed E-state index contributed by atoms with van der Waals surface area (Å²) < 4.78 is 7.24. The van der Waals surface area contributed by atoms with Crippen LogP contribution < -0.4 is 10.6 Å². The van der Waals surface area contributed by atoms with Gasteiger partial charge in [0, 0.05) is 42.6 Å². The molecule has 182 valence electrons. The van der Waals surface area contributed by atoms with Crippen LogP contribution in [0, 0.1) is 0 Å². The van der Waals surface area contributed by atoms with Crippen LogP contribution in [0.3, 0.4) is 0 Å². The number of rotatable bonds is 9. The van der Waals surface area contributed by atoms with Crippen molar-refractivity contribution in [2.24, 2.45) is 0 Å². The number of aromatic nitrogens is 2. The minimum Gasteiger partial charge on any atom is -0.376 e. The average Bonchev–Trinajstić information content (AvgIpc) is 3.63. The second kappa shape index (κ2) is 11.1. The summed E-state index contributed by atoms with van der Waals surface area (Å²) in [6.45, 7) is 1.33. The Morgan fingerprint density at radius 2 is 1.74 bits per heavy atom. The van der Waals surface area contributed by atoms with Crippen molar-refractivity contribution in [3.63, 3.8) is 0 Å². The van der Waals surface area contributed by atoms with Crippen LogP contribution in [0.4, 0.5) is 5.82 Å². The summed E-state index contributed by atoms with van der Waals surface area (Å²) in [4.78, 5) is 26.0. The van der Waals surface area contributed by atoms with E-state index in [-0.39, 0.29) is 30.4 Å². The van der Waals surface area contributed by atoms with Gasteiger partial charge in [0.15, 0.2) is 0 Å². The van der Waals surface area contributed by atoms with Gasteiger partial charge in [-0.3, -0.25) is 9.59 Å². The van der Waals surface area contributed by atoms with Crippen LogP contribution in [-0.4, -0.2) is 40.9 Å². The fourth-order valence-electron chi connectivity index (χ4n) is 4.71. The summed E-state index contributed by atoms with van der Waals surface area (Å²) in [5.41, 5.74) is 4.15. The molecule has 1 aromatic heterocycles. The van der Waals surface area contributed by atoms with E-state index >= 15 is 0 Å². The Kier molecular flexibility index (Phi) is 7.49. The van der Waals surface area contributed by atoms with Gasteiger partial charge in [0.25, 0.3) is 0 Å². The van der Waals surface area contributed by atoms with Crippen molar-refractivity contribution in [2.75, 3.05) is 18.5 Å². The molecular formula is C27H30N4O3S. The molecule has 8 heteroatoms. The van der Waals surface area contributed by atoms with E-state index in [0.717, 1.165) is 53.3 Å². The highest BCUT2D eigenvalue weighted by Crippen LogP contribution is 2.35. The Hall–Kier alpha value is -3.10. The molecule has 0 spiro atoms. The van der Waals surface area contributed by atoms with Gasteiger partial charge in [-0.15, -0.1) is 0 Å². The number of ether oxygens (including phenoxy) is 1. The number of amides is 2. The van der Waals surface area contributed by atoms with Gasteiger partial charge in [0.05, 0.1) is 11.8 Å². The predicted molar refractivity (Wildman–Crippen MR) is 137 cm³/mol. The van der Waals surface area contributed by atoms with E-state index in [2.05, 4.69) is 40.0 Å². The maximum absolute atomic E-state index is 13.3. The summed E-state index contributed by atoms with van der Waals surface area (Å²) in [5, 5.41) is 10.7. The number of hydrogen-bond acceptors (Lipinski definition) is 5. The largest absolute Gasteiger partial charge is 0.376 e. The SMILES string of the molecule is O=C(Cn1nc2c(c1NC(=O)CC(c1ccccc1)c1ccccc1)CSC2)NC[C@H]1CCCO1. The zero-order chi connectivity index (χ0) is 24.0. The number of nitrogens with zero attached hydrogens (tertiary/aromatic N) is 2. The number of thioether (sulfide) groups is 1. The highest BCUT2D eigenvalue weighted by atomic mass is 32.2. The van der Waals surface area contributed by atoms with Gasteiger partial charge < -0.3 is 15.4 Å². The maximum atomic E-state index is 13.3. The molecule has 2 N–H and O–H groups in total. The summed E-state index contributed by atoms with van der Waals surface area (Å²) in [5.74, 6) is 1.93. The fourth-order valence-corrected chi connectivity index (χ4v) is 5.75. The molecule has 5 rings (SSSR count). The van der Waals surface area contributed by atoms with Gasteiger partial charge in [-0.05, 0) is 24.0 Å². The fraction of sp³-hybridized carbons (Fsp3) is 0.370. The van der Waals surface area contributed by atoms with Crippen LogP contribution in [0.25, 0.3) is 0 Å². The quantitative estimate of drug-likeness (QED) is 0.472. The number of anilines is 1. The molecule has 2 aromatic carbocycles. The Balaban J connectivity index is 1.30. The number of benzene rings is 2. The molecule has 2 amide bonds. The highest BCUT2D eigenvalue weighted by molar-refractivity contribution is 7.98. The van der Waals surface area contributed by atoms with Crippen LogP contribution in [-0.2, 0) is 32.4 Å². The summed E-state index contributed by atoms with van der Waals surface area (Å²) in [7, 11) is 0. The molecule has 1 saturated heterocycles. The smallest absolute Gasteiger partial charge is 0.241 e. The lowest BCUT2D eigenvalue weighted by Crippen LogP contribution is -2.34. The lowest BCUT2D eigenvalue weighted by molar-refractivity contribution is -0.122. The molecule has 0 saturated carbocycles. The zero-order valence-corrected chi connectivity index (χ0v) is 20.4. The topological polar surface area (TPSA) is 85.2 Å². The molecule has 0 radical (unpaired) electrons. The van der Waals surface area contributed by atoms with Crippen molar-refractivity contribution in [1.29, 1.82) is 0 Å². The minimum absolute atomic E-state index is 0.0640. The second-order valence-electron chi connectivity index (χ2n) is 8.99. The van der Waals surface area contributed by atoms with Crippen molar-refractivity contribution >= 4 is 29.4 Å². The van der Waals surface area contributed by atoms with E-state index < -0.39 is 0 Å². The minimum atomic E-state index is -0.128. The molecule has 0 bridgehead atoms. The van der Waals surface area contributed by atoms with E-state index in [1.54, 1.807) is 16.4 Å². The van der Waals surface area contributed by atoms with Gasteiger partial charge in [-0.2, -0.15) is 16.9 Å². The normalized spacial score (nSPS) is 16.9. The molecule has 2 aliphatic rings. The lowest BCUT2D eigenvalue weighted by Gasteiger charge is -2.18. The van der Waals surface area contributed by atoms with E-state index in [4.69, 9.17) is 4.74 Å². The van der Waals surface area contributed by atoms with E-state index in [0.29, 0.717) is 18.8 Å². The molecular weight excluding hydrogens is 460 g/mol. The predicted octanol–water partition coefficient (Wildman–Crippen LogP) is 4.09. The van der Waals surface area contributed by atoms with E-state index in [1.807, 2.05) is 36.4 Å². The first-order chi connectivity index (χ1) is 17.2. The van der Waals surface area contributed by atoms with Crippen LogP contribution in [0.15, 0.2) is 60.7 Å². The maximum Gasteiger partial charge on any atom is 0.241 e. The van der Waals surface area contributed by atoms with Crippen LogP contribution in [0.1, 0.15) is 47.6 Å². The van der Waals surface area contributed by atoms with Crippen molar-refractivity contribution in [1.82, 2.24) is 15.1 Å². The molecule has 1 atom stereocenters. The number of hydrogen-bond donors (Lipinski definition) is 2. The molecule has 7 nitrogen and oxygen atoms in total. The van der Waals surface area contributed by atoms with Crippen molar-refractivity contribution in [3.05, 3.63) is 83.0 Å². The molecule has 3 heterocycles. The third-order valence-corrected chi connectivity index (χ3v) is 7.48. The van der Waals surface area contributed by atoms with Gasteiger partial charge >= 0.3 is 0 Å². The number of carbonyl (C=O) groups is 2. The molecule has 35 heavy (non-hydrogen) atoms. The molecule has 0 aliphatic carbocycles. The Morgan fingerprint density at radius 3 is 2.40 bits per heavy atom. The van der Waals surface area contributed by atoms with Crippen molar-refractivity contribution < 1.29 is 14.3 Å². The molecule has 0 unspecified atom stereocenters. The summed E-state index contributed by atoms with van der Waals surface area (Å²) >= 11 is 1.77. The lowest BCUT2D eigenvalue weighted by atomic mass is 9.88. The highest BCUT2D eigenvalue weighted by Gasteiger charge is 2.26. The van der Waals surface area contributed by atoms with Gasteiger partial charge in [-0.1, -0.05) is 60.7 Å². The van der Waals surface area contributed by atoms with Gasteiger partial charge in [0.1, 0.15) is 12.4 Å². The Morgan fingerprint density at radius 1 is 1.03 bits per heavy atom. The summed E-state index contributed by atoms with van der Waals surface area (Å²) in [6.07, 6.45) is 2.39. The first kappa shape index (κ1) is 23.6. The van der Waals surface area contributed by atoms with E-state index in [1.165, 1.54) is 0 Å². The van der Waals surface area contributed by atoms with Crippen LogP contribution in [0.5, 0.6) is 0 Å². The monoisotopic (exact) mass is 490 g/mol. The number of fused-ring (bicyclic) bond motifs is 1. The van der Waals surface area contributed by atoms with Crippen LogP contribution in [0.2, 0.25) is 0 Å². The van der Waals surface area contributed by atoms with E-state index in [9.17, 15) is 9.59 Å².